The SMILES string of the molecule is Cc1ccccc1.O=C(CO)NC12CCCC(CS1)C2. The second-order valence-corrected chi connectivity index (χ2v) is 7.03. The topological polar surface area (TPSA) is 49.3 Å². The average Bonchev–Trinajstić information content (AvgIpc) is 2.75. The molecule has 3 nitrogen and oxygen atoms in total. The van der Waals surface area contributed by atoms with E-state index in [2.05, 4.69) is 24.4 Å². The molecule has 20 heavy (non-hydrogen) atoms. The van der Waals surface area contributed by atoms with Gasteiger partial charge in [0, 0.05) is 0 Å². The molecule has 3 rings (SSSR count). The van der Waals surface area contributed by atoms with Gasteiger partial charge in [0.05, 0.1) is 4.87 Å². The average molecular weight is 293 g/mol. The van der Waals surface area contributed by atoms with Crippen LogP contribution in [-0.4, -0.2) is 28.2 Å². The van der Waals surface area contributed by atoms with Gasteiger partial charge in [-0.05, 0) is 44.3 Å². The highest BCUT2D eigenvalue weighted by Crippen LogP contribution is 2.48. The number of hydrogen-bond acceptors (Lipinski definition) is 3. The van der Waals surface area contributed by atoms with Gasteiger partial charge in [0.15, 0.2) is 0 Å². The Hall–Kier alpha value is -1.000. The largest absolute Gasteiger partial charge is 0.387 e. The van der Waals surface area contributed by atoms with Crippen LogP contribution in [0.3, 0.4) is 0 Å². The number of hydrogen-bond donors (Lipinski definition) is 2. The normalized spacial score (nSPS) is 27.4. The fourth-order valence-corrected chi connectivity index (χ4v) is 4.54. The number of amides is 1. The Morgan fingerprint density at radius 1 is 1.45 bits per heavy atom. The van der Waals surface area contributed by atoms with E-state index in [1.165, 1.54) is 24.2 Å². The zero-order valence-electron chi connectivity index (χ0n) is 12.0. The number of fused-ring (bicyclic) bond motifs is 2. The minimum atomic E-state index is -0.382. The van der Waals surface area contributed by atoms with E-state index >= 15 is 0 Å². The van der Waals surface area contributed by atoms with Gasteiger partial charge in [-0.2, -0.15) is 0 Å². The molecule has 110 valence electrons. The van der Waals surface area contributed by atoms with Crippen LogP contribution in [0.5, 0.6) is 0 Å². The summed E-state index contributed by atoms with van der Waals surface area (Å²) in [6.07, 6.45) is 4.69. The number of benzene rings is 1. The molecule has 0 spiro atoms. The van der Waals surface area contributed by atoms with Crippen LogP contribution in [0.25, 0.3) is 0 Å². The van der Waals surface area contributed by atoms with Crippen LogP contribution in [0.4, 0.5) is 0 Å². The Labute approximate surface area is 125 Å². The molecule has 1 heterocycles. The molecule has 1 aromatic carbocycles. The Morgan fingerprint density at radius 3 is 2.80 bits per heavy atom. The van der Waals surface area contributed by atoms with Crippen molar-refractivity contribution in [3.05, 3.63) is 35.9 Å². The molecule has 1 saturated carbocycles. The molecule has 2 fully saturated rings. The molecule has 0 radical (unpaired) electrons. The summed E-state index contributed by atoms with van der Waals surface area (Å²) in [5.74, 6) is 1.74. The quantitative estimate of drug-likeness (QED) is 0.881. The van der Waals surface area contributed by atoms with Gasteiger partial charge in [-0.1, -0.05) is 35.9 Å². The zero-order chi connectivity index (χ0) is 14.4. The lowest BCUT2D eigenvalue weighted by atomic mass is 9.87. The first kappa shape index (κ1) is 15.4. The van der Waals surface area contributed by atoms with Crippen LogP contribution in [0, 0.1) is 12.8 Å². The summed E-state index contributed by atoms with van der Waals surface area (Å²) in [5, 5.41) is 11.6. The van der Waals surface area contributed by atoms with Crippen LogP contribution in [0.2, 0.25) is 0 Å². The summed E-state index contributed by atoms with van der Waals surface area (Å²) in [4.78, 5) is 11.1. The minimum Gasteiger partial charge on any atom is -0.387 e. The zero-order valence-corrected chi connectivity index (χ0v) is 12.8. The predicted octanol–water partition coefficient (Wildman–Crippen LogP) is 2.72. The number of carbonyl (C=O) groups is 1. The van der Waals surface area contributed by atoms with Crippen molar-refractivity contribution in [1.29, 1.82) is 0 Å². The number of aliphatic hydroxyl groups excluding tert-OH is 1. The van der Waals surface area contributed by atoms with Gasteiger partial charge in [-0.3, -0.25) is 4.79 Å². The van der Waals surface area contributed by atoms with Gasteiger partial charge in [0.25, 0.3) is 0 Å². The number of rotatable bonds is 2. The second kappa shape index (κ2) is 7.14. The van der Waals surface area contributed by atoms with Gasteiger partial charge in [0.1, 0.15) is 6.61 Å². The summed E-state index contributed by atoms with van der Waals surface area (Å²) in [6, 6.07) is 10.3. The highest BCUT2D eigenvalue weighted by Gasteiger charge is 2.43. The van der Waals surface area contributed by atoms with Gasteiger partial charge in [-0.25, -0.2) is 0 Å². The maximum atomic E-state index is 11.1. The molecule has 2 bridgehead atoms. The van der Waals surface area contributed by atoms with Crippen molar-refractivity contribution in [2.75, 3.05) is 12.4 Å². The van der Waals surface area contributed by atoms with E-state index in [0.29, 0.717) is 0 Å². The Bertz CT molecular complexity index is 433. The van der Waals surface area contributed by atoms with E-state index < -0.39 is 0 Å². The molecular weight excluding hydrogens is 270 g/mol. The molecule has 1 saturated heterocycles. The van der Waals surface area contributed by atoms with Gasteiger partial charge in [-0.15, -0.1) is 11.8 Å². The van der Waals surface area contributed by atoms with Crippen molar-refractivity contribution in [2.24, 2.45) is 5.92 Å². The monoisotopic (exact) mass is 293 g/mol. The molecule has 2 unspecified atom stereocenters. The molecular formula is C16H23NO2S. The lowest BCUT2D eigenvalue weighted by molar-refractivity contribution is -0.125. The minimum absolute atomic E-state index is 0.0251. The van der Waals surface area contributed by atoms with Crippen LogP contribution in [-0.2, 0) is 4.79 Å². The van der Waals surface area contributed by atoms with E-state index in [9.17, 15) is 4.79 Å². The molecule has 0 aromatic heterocycles. The number of thioether (sulfide) groups is 1. The van der Waals surface area contributed by atoms with Crippen molar-refractivity contribution >= 4 is 17.7 Å². The molecule has 2 aliphatic rings. The summed E-state index contributed by atoms with van der Waals surface area (Å²) in [7, 11) is 0. The van der Waals surface area contributed by atoms with Crippen LogP contribution in [0.15, 0.2) is 30.3 Å². The first-order chi connectivity index (χ1) is 9.63. The Morgan fingerprint density at radius 2 is 2.20 bits per heavy atom. The molecule has 1 aliphatic heterocycles. The summed E-state index contributed by atoms with van der Waals surface area (Å²) < 4.78 is 0. The third-order valence-corrected chi connectivity index (χ3v) is 5.52. The first-order valence-electron chi connectivity index (χ1n) is 7.21. The first-order valence-corrected chi connectivity index (χ1v) is 8.19. The van der Waals surface area contributed by atoms with Gasteiger partial charge >= 0.3 is 0 Å². The van der Waals surface area contributed by atoms with Crippen molar-refractivity contribution in [1.82, 2.24) is 5.32 Å². The predicted molar refractivity (Wildman–Crippen MR) is 83.6 cm³/mol. The standard InChI is InChI=1S/C9H15NO2S.C7H8/c11-5-8(12)10-9-3-1-2-7(4-9)6-13-9;1-7-5-3-2-4-6-7/h7,11H,1-6H2,(H,10,12);2-6H,1H3. The lowest BCUT2D eigenvalue weighted by Crippen LogP contribution is -2.46. The van der Waals surface area contributed by atoms with E-state index in [4.69, 9.17) is 5.11 Å². The highest BCUT2D eigenvalue weighted by atomic mass is 32.2. The van der Waals surface area contributed by atoms with Crippen molar-refractivity contribution in [3.63, 3.8) is 0 Å². The number of nitrogens with one attached hydrogen (secondary N) is 1. The van der Waals surface area contributed by atoms with Crippen LogP contribution >= 0.6 is 11.8 Å². The highest BCUT2D eigenvalue weighted by molar-refractivity contribution is 8.00. The van der Waals surface area contributed by atoms with Crippen LogP contribution in [0.1, 0.15) is 31.2 Å². The van der Waals surface area contributed by atoms with Crippen molar-refractivity contribution in [3.8, 4) is 0 Å². The van der Waals surface area contributed by atoms with E-state index in [-0.39, 0.29) is 17.4 Å². The number of aliphatic hydroxyl groups is 1. The van der Waals surface area contributed by atoms with E-state index in [1.54, 1.807) is 0 Å². The van der Waals surface area contributed by atoms with Crippen LogP contribution < -0.4 is 5.32 Å². The molecule has 2 atom stereocenters. The van der Waals surface area contributed by atoms with Gasteiger partial charge < -0.3 is 10.4 Å². The molecule has 1 amide bonds. The van der Waals surface area contributed by atoms with E-state index in [0.717, 1.165) is 18.8 Å². The fraction of sp³-hybridized carbons (Fsp3) is 0.562. The smallest absolute Gasteiger partial charge is 0.246 e. The molecule has 2 N–H and O–H groups in total. The number of aryl methyl sites for hydroxylation is 1. The van der Waals surface area contributed by atoms with E-state index in [1.807, 2.05) is 30.0 Å². The lowest BCUT2D eigenvalue weighted by Gasteiger charge is -2.32. The molecule has 1 aliphatic carbocycles. The summed E-state index contributed by atoms with van der Waals surface area (Å²) in [5.41, 5.74) is 1.32. The third-order valence-electron chi connectivity index (χ3n) is 3.86. The fourth-order valence-electron chi connectivity index (χ4n) is 2.88. The molecule has 1 aromatic rings. The molecule has 4 heteroatoms. The third kappa shape index (κ3) is 4.25. The summed E-state index contributed by atoms with van der Waals surface area (Å²) >= 11 is 1.86. The Balaban J connectivity index is 0.000000178. The van der Waals surface area contributed by atoms with Crippen molar-refractivity contribution < 1.29 is 9.90 Å². The second-order valence-electron chi connectivity index (χ2n) is 5.63. The number of carbonyl (C=O) groups excluding carboxylic acids is 1. The Kier molecular flexibility index (Phi) is 5.49. The summed E-state index contributed by atoms with van der Waals surface area (Å²) in [6.45, 7) is 1.70. The maximum absolute atomic E-state index is 11.1. The maximum Gasteiger partial charge on any atom is 0.246 e. The van der Waals surface area contributed by atoms with Gasteiger partial charge in [0.2, 0.25) is 5.91 Å². The van der Waals surface area contributed by atoms with Crippen molar-refractivity contribution in [2.45, 2.75) is 37.5 Å².